The molecule has 2 amide bonds. The zero-order valence-electron chi connectivity index (χ0n) is 14.5. The third-order valence-electron chi connectivity index (χ3n) is 5.35. The molecular weight excluding hydrogens is 330 g/mol. The van der Waals surface area contributed by atoms with E-state index >= 15 is 0 Å². The summed E-state index contributed by atoms with van der Waals surface area (Å²) in [4.78, 5) is 43.5. The van der Waals surface area contributed by atoms with Crippen molar-refractivity contribution in [1.82, 2.24) is 5.06 Å². The van der Waals surface area contributed by atoms with Gasteiger partial charge in [0.25, 0.3) is 11.8 Å². The first-order valence-electron chi connectivity index (χ1n) is 8.80. The number of nitrogens with zero attached hydrogens (tertiary/aromatic N) is 1. The van der Waals surface area contributed by atoms with Crippen LogP contribution in [0.3, 0.4) is 0 Å². The zero-order chi connectivity index (χ0) is 18.3. The number of fused-ring (bicyclic) bond motifs is 1. The normalized spacial score (nSPS) is 18.1. The molecule has 0 unspecified atom stereocenters. The first-order valence-corrected chi connectivity index (χ1v) is 8.80. The predicted octanol–water partition coefficient (Wildman–Crippen LogP) is 3.56. The molecule has 0 N–H and O–H groups in total. The van der Waals surface area contributed by atoms with Crippen LogP contribution in [0.1, 0.15) is 57.5 Å². The summed E-state index contributed by atoms with van der Waals surface area (Å²) in [5.74, 6) is -1.71. The smallest absolute Gasteiger partial charge is 0.329 e. The highest BCUT2D eigenvalue weighted by atomic mass is 16.7. The number of amides is 2. The fourth-order valence-electron chi connectivity index (χ4n) is 3.95. The van der Waals surface area contributed by atoms with Gasteiger partial charge in [0.05, 0.1) is 16.5 Å². The maximum atomic E-state index is 13.1. The Morgan fingerprint density at radius 2 is 1.58 bits per heavy atom. The molecule has 5 heteroatoms. The average molecular weight is 349 g/mol. The summed E-state index contributed by atoms with van der Waals surface area (Å²) in [5.41, 5.74) is 1.67. The molecule has 2 aromatic rings. The number of benzene rings is 2. The highest BCUT2D eigenvalue weighted by molar-refractivity contribution is 6.21. The average Bonchev–Trinajstić information content (AvgIpc) is 3.23. The molecule has 1 aliphatic carbocycles. The molecule has 0 spiro atoms. The van der Waals surface area contributed by atoms with Crippen LogP contribution in [0, 0.1) is 6.92 Å². The molecule has 132 valence electrons. The van der Waals surface area contributed by atoms with Crippen LogP contribution in [0.15, 0.2) is 48.5 Å². The van der Waals surface area contributed by atoms with E-state index in [2.05, 4.69) is 0 Å². The van der Waals surface area contributed by atoms with Gasteiger partial charge in [-0.3, -0.25) is 9.59 Å². The molecule has 4 rings (SSSR count). The van der Waals surface area contributed by atoms with Gasteiger partial charge in [-0.05, 0) is 37.5 Å². The Hall–Kier alpha value is -2.95. The molecule has 0 atom stereocenters. The van der Waals surface area contributed by atoms with E-state index in [1.54, 1.807) is 24.3 Å². The number of hydrogen-bond acceptors (Lipinski definition) is 4. The molecular formula is C21H19NO4. The Kier molecular flexibility index (Phi) is 3.87. The Bertz CT molecular complexity index is 877. The summed E-state index contributed by atoms with van der Waals surface area (Å²) in [6.07, 6.45) is 3.12. The molecule has 0 radical (unpaired) electrons. The lowest BCUT2D eigenvalue weighted by Gasteiger charge is -2.28. The second-order valence-electron chi connectivity index (χ2n) is 6.99. The highest BCUT2D eigenvalue weighted by Gasteiger charge is 2.48. The molecule has 2 aliphatic rings. The topological polar surface area (TPSA) is 63.7 Å². The van der Waals surface area contributed by atoms with Gasteiger partial charge in [0.1, 0.15) is 0 Å². The standard InChI is InChI=1S/C21H19NO4/c1-14-7-6-8-15(13-14)21(11-4-5-12-21)20(25)26-22-18(23)16-9-2-3-10-17(16)19(22)24/h2-3,6-10,13H,4-5,11-12H2,1H3. The summed E-state index contributed by atoms with van der Waals surface area (Å²) < 4.78 is 0. The van der Waals surface area contributed by atoms with E-state index in [-0.39, 0.29) is 11.1 Å². The first-order chi connectivity index (χ1) is 12.5. The van der Waals surface area contributed by atoms with E-state index < -0.39 is 23.2 Å². The number of carbonyl (C=O) groups excluding carboxylic acids is 3. The van der Waals surface area contributed by atoms with Crippen molar-refractivity contribution in [2.24, 2.45) is 0 Å². The maximum Gasteiger partial charge on any atom is 0.343 e. The molecule has 2 aromatic carbocycles. The van der Waals surface area contributed by atoms with Crippen molar-refractivity contribution in [2.45, 2.75) is 38.0 Å². The van der Waals surface area contributed by atoms with Crippen LogP contribution in [-0.2, 0) is 15.0 Å². The van der Waals surface area contributed by atoms with Crippen molar-refractivity contribution in [1.29, 1.82) is 0 Å². The van der Waals surface area contributed by atoms with E-state index in [9.17, 15) is 14.4 Å². The van der Waals surface area contributed by atoms with Gasteiger partial charge in [-0.1, -0.05) is 59.9 Å². The van der Waals surface area contributed by atoms with Crippen LogP contribution < -0.4 is 0 Å². The number of carbonyl (C=O) groups is 3. The Balaban J connectivity index is 1.65. The van der Waals surface area contributed by atoms with E-state index in [1.165, 1.54) is 0 Å². The minimum atomic E-state index is -0.804. The minimum Gasteiger partial charge on any atom is -0.329 e. The predicted molar refractivity (Wildman–Crippen MR) is 94.4 cm³/mol. The summed E-state index contributed by atoms with van der Waals surface area (Å²) in [6, 6.07) is 14.3. The van der Waals surface area contributed by atoms with Crippen molar-refractivity contribution in [3.8, 4) is 0 Å². The van der Waals surface area contributed by atoms with E-state index in [1.807, 2.05) is 31.2 Å². The summed E-state index contributed by atoms with van der Waals surface area (Å²) in [7, 11) is 0. The Morgan fingerprint density at radius 3 is 2.15 bits per heavy atom. The molecule has 26 heavy (non-hydrogen) atoms. The number of hydroxylamine groups is 2. The maximum absolute atomic E-state index is 13.1. The lowest BCUT2D eigenvalue weighted by atomic mass is 9.78. The van der Waals surface area contributed by atoms with Gasteiger partial charge < -0.3 is 4.84 Å². The van der Waals surface area contributed by atoms with Gasteiger partial charge in [0.2, 0.25) is 0 Å². The number of rotatable bonds is 3. The van der Waals surface area contributed by atoms with Crippen molar-refractivity contribution >= 4 is 17.8 Å². The largest absolute Gasteiger partial charge is 0.343 e. The third-order valence-corrected chi connectivity index (χ3v) is 5.35. The third kappa shape index (κ3) is 2.43. The van der Waals surface area contributed by atoms with E-state index in [0.29, 0.717) is 17.9 Å². The van der Waals surface area contributed by atoms with Crippen molar-refractivity contribution < 1.29 is 19.2 Å². The van der Waals surface area contributed by atoms with Gasteiger partial charge in [-0.25, -0.2) is 4.79 Å². The molecule has 1 heterocycles. The first kappa shape index (κ1) is 16.5. The molecule has 1 aliphatic heterocycles. The quantitative estimate of drug-likeness (QED) is 0.795. The number of hydrogen-bond donors (Lipinski definition) is 0. The van der Waals surface area contributed by atoms with Crippen LogP contribution in [0.2, 0.25) is 0 Å². The monoisotopic (exact) mass is 349 g/mol. The van der Waals surface area contributed by atoms with Crippen molar-refractivity contribution in [3.05, 3.63) is 70.8 Å². The summed E-state index contributed by atoms with van der Waals surface area (Å²) in [5, 5.41) is 0.614. The van der Waals surface area contributed by atoms with Crippen LogP contribution >= 0.6 is 0 Å². The fourth-order valence-corrected chi connectivity index (χ4v) is 3.95. The molecule has 1 fully saturated rings. The molecule has 5 nitrogen and oxygen atoms in total. The van der Waals surface area contributed by atoms with Gasteiger partial charge in [-0.2, -0.15) is 0 Å². The van der Waals surface area contributed by atoms with Crippen LogP contribution in [0.5, 0.6) is 0 Å². The second-order valence-corrected chi connectivity index (χ2v) is 6.99. The van der Waals surface area contributed by atoms with Gasteiger partial charge in [0, 0.05) is 0 Å². The summed E-state index contributed by atoms with van der Waals surface area (Å²) in [6.45, 7) is 1.97. The summed E-state index contributed by atoms with van der Waals surface area (Å²) >= 11 is 0. The zero-order valence-corrected chi connectivity index (χ0v) is 14.5. The van der Waals surface area contributed by atoms with Crippen LogP contribution in [-0.4, -0.2) is 22.8 Å². The lowest BCUT2D eigenvalue weighted by Crippen LogP contribution is -2.42. The van der Waals surface area contributed by atoms with Gasteiger partial charge >= 0.3 is 5.97 Å². The molecule has 0 saturated heterocycles. The van der Waals surface area contributed by atoms with Crippen LogP contribution in [0.4, 0.5) is 0 Å². The van der Waals surface area contributed by atoms with Gasteiger partial charge in [0.15, 0.2) is 0 Å². The molecule has 1 saturated carbocycles. The lowest BCUT2D eigenvalue weighted by molar-refractivity contribution is -0.175. The second kappa shape index (κ2) is 6.09. The number of aryl methyl sites for hydroxylation is 1. The Morgan fingerprint density at radius 1 is 0.962 bits per heavy atom. The minimum absolute atomic E-state index is 0.265. The van der Waals surface area contributed by atoms with Gasteiger partial charge in [-0.15, -0.1) is 0 Å². The molecule has 0 bridgehead atoms. The van der Waals surface area contributed by atoms with Crippen molar-refractivity contribution in [2.75, 3.05) is 0 Å². The fraction of sp³-hybridized carbons (Fsp3) is 0.286. The van der Waals surface area contributed by atoms with E-state index in [0.717, 1.165) is 24.0 Å². The highest BCUT2D eigenvalue weighted by Crippen LogP contribution is 2.43. The SMILES string of the molecule is Cc1cccc(C2(C(=O)ON3C(=O)c4ccccc4C3=O)CCCC2)c1. The Labute approximate surface area is 151 Å². The van der Waals surface area contributed by atoms with Crippen LogP contribution in [0.25, 0.3) is 0 Å². The van der Waals surface area contributed by atoms with E-state index in [4.69, 9.17) is 4.84 Å². The van der Waals surface area contributed by atoms with Crippen molar-refractivity contribution in [3.63, 3.8) is 0 Å². The number of imide groups is 1. The molecule has 0 aromatic heterocycles.